The average Bonchev–Trinajstić information content (AvgIpc) is 2.48. The zero-order valence-corrected chi connectivity index (χ0v) is 8.29. The number of ether oxygens (including phenoxy) is 1. The van der Waals surface area contributed by atoms with Crippen molar-refractivity contribution in [1.29, 1.82) is 0 Å². The molecule has 1 fully saturated rings. The summed E-state index contributed by atoms with van der Waals surface area (Å²) in [6, 6.07) is 0. The van der Waals surface area contributed by atoms with E-state index < -0.39 is 11.2 Å². The van der Waals surface area contributed by atoms with Gasteiger partial charge in [-0.2, -0.15) is 0 Å². The van der Waals surface area contributed by atoms with Crippen LogP contribution in [-0.4, -0.2) is 34.1 Å². The maximum atomic E-state index is 9.70. The fourth-order valence-corrected chi connectivity index (χ4v) is 1.61. The third kappa shape index (κ3) is 2.10. The van der Waals surface area contributed by atoms with Crippen LogP contribution in [0.15, 0.2) is 12.7 Å². The topological polar surface area (TPSA) is 49.7 Å². The zero-order chi connectivity index (χ0) is 10.1. The number of rotatable bonds is 3. The van der Waals surface area contributed by atoms with E-state index in [1.807, 2.05) is 0 Å². The normalized spacial score (nSPS) is 34.9. The molecule has 1 rings (SSSR count). The van der Waals surface area contributed by atoms with Crippen LogP contribution in [0.4, 0.5) is 0 Å². The highest BCUT2D eigenvalue weighted by Gasteiger charge is 2.43. The summed E-state index contributed by atoms with van der Waals surface area (Å²) in [7, 11) is 0. The van der Waals surface area contributed by atoms with Gasteiger partial charge >= 0.3 is 0 Å². The van der Waals surface area contributed by atoms with Crippen molar-refractivity contribution in [2.75, 3.05) is 6.61 Å². The summed E-state index contributed by atoms with van der Waals surface area (Å²) in [6.07, 6.45) is 2.90. The first-order chi connectivity index (χ1) is 5.93. The Balaban J connectivity index is 2.67. The Bertz CT molecular complexity index is 195. The number of aliphatic hydroxyl groups is 2. The SMILES string of the molecule is C=CC1(CO)CCC(C(C)(C)O)O1. The van der Waals surface area contributed by atoms with E-state index in [4.69, 9.17) is 9.84 Å². The predicted molar refractivity (Wildman–Crippen MR) is 50.4 cm³/mol. The van der Waals surface area contributed by atoms with Gasteiger partial charge in [0.1, 0.15) is 5.60 Å². The Kier molecular flexibility index (Phi) is 2.80. The summed E-state index contributed by atoms with van der Waals surface area (Å²) in [5.41, 5.74) is -1.48. The molecular weight excluding hydrogens is 168 g/mol. The largest absolute Gasteiger partial charge is 0.393 e. The van der Waals surface area contributed by atoms with Gasteiger partial charge in [-0.05, 0) is 26.7 Å². The van der Waals surface area contributed by atoms with Gasteiger partial charge in [0.15, 0.2) is 0 Å². The molecule has 1 aliphatic rings. The Morgan fingerprint density at radius 1 is 1.69 bits per heavy atom. The van der Waals surface area contributed by atoms with Crippen molar-refractivity contribution in [3.05, 3.63) is 12.7 Å². The molecule has 0 amide bonds. The van der Waals surface area contributed by atoms with E-state index in [1.165, 1.54) is 0 Å². The molecule has 1 heterocycles. The lowest BCUT2D eigenvalue weighted by atomic mass is 9.96. The maximum Gasteiger partial charge on any atom is 0.110 e. The smallest absolute Gasteiger partial charge is 0.110 e. The Labute approximate surface area is 79.0 Å². The van der Waals surface area contributed by atoms with Crippen LogP contribution in [0.5, 0.6) is 0 Å². The molecule has 2 N–H and O–H groups in total. The average molecular weight is 186 g/mol. The minimum Gasteiger partial charge on any atom is -0.393 e. The van der Waals surface area contributed by atoms with E-state index >= 15 is 0 Å². The summed E-state index contributed by atoms with van der Waals surface area (Å²) in [4.78, 5) is 0. The maximum absolute atomic E-state index is 9.70. The molecule has 0 aromatic carbocycles. The monoisotopic (exact) mass is 186 g/mol. The van der Waals surface area contributed by atoms with E-state index in [1.54, 1.807) is 19.9 Å². The van der Waals surface area contributed by atoms with Gasteiger partial charge in [-0.1, -0.05) is 6.08 Å². The lowest BCUT2D eigenvalue weighted by molar-refractivity contribution is -0.117. The van der Waals surface area contributed by atoms with Crippen molar-refractivity contribution in [2.24, 2.45) is 0 Å². The Morgan fingerprint density at radius 3 is 2.54 bits per heavy atom. The molecule has 1 saturated heterocycles. The highest BCUT2D eigenvalue weighted by atomic mass is 16.5. The molecule has 0 saturated carbocycles. The van der Waals surface area contributed by atoms with E-state index in [0.29, 0.717) is 0 Å². The molecule has 2 atom stereocenters. The second-order valence-electron chi connectivity index (χ2n) is 4.23. The van der Waals surface area contributed by atoms with Crippen LogP contribution in [0.25, 0.3) is 0 Å². The molecular formula is C10H18O3. The van der Waals surface area contributed by atoms with Gasteiger partial charge in [-0.25, -0.2) is 0 Å². The van der Waals surface area contributed by atoms with E-state index in [2.05, 4.69) is 6.58 Å². The molecule has 76 valence electrons. The van der Waals surface area contributed by atoms with Crippen LogP contribution >= 0.6 is 0 Å². The molecule has 0 aliphatic carbocycles. The summed E-state index contributed by atoms with van der Waals surface area (Å²) >= 11 is 0. The van der Waals surface area contributed by atoms with Crippen molar-refractivity contribution in [1.82, 2.24) is 0 Å². The quantitative estimate of drug-likeness (QED) is 0.642. The fourth-order valence-electron chi connectivity index (χ4n) is 1.61. The first-order valence-corrected chi connectivity index (χ1v) is 4.58. The van der Waals surface area contributed by atoms with Gasteiger partial charge in [0.25, 0.3) is 0 Å². The minimum atomic E-state index is -0.847. The van der Waals surface area contributed by atoms with Gasteiger partial charge < -0.3 is 14.9 Å². The summed E-state index contributed by atoms with van der Waals surface area (Å²) in [5, 5.41) is 18.8. The van der Waals surface area contributed by atoms with Crippen molar-refractivity contribution in [3.63, 3.8) is 0 Å². The van der Waals surface area contributed by atoms with E-state index in [-0.39, 0.29) is 12.7 Å². The highest BCUT2D eigenvalue weighted by Crippen LogP contribution is 2.35. The molecule has 1 aliphatic heterocycles. The molecule has 2 unspecified atom stereocenters. The third-order valence-electron chi connectivity index (χ3n) is 2.63. The third-order valence-corrected chi connectivity index (χ3v) is 2.63. The highest BCUT2D eigenvalue weighted by molar-refractivity contribution is 5.04. The molecule has 3 nitrogen and oxygen atoms in total. The molecule has 0 spiro atoms. The standard InChI is InChI=1S/C10H18O3/c1-4-10(7-11)6-5-8(13-10)9(2,3)12/h4,8,11-12H,1,5-7H2,2-3H3. The van der Waals surface area contributed by atoms with E-state index in [0.717, 1.165) is 12.8 Å². The van der Waals surface area contributed by atoms with E-state index in [9.17, 15) is 5.11 Å². The van der Waals surface area contributed by atoms with Gasteiger partial charge in [0.05, 0.1) is 18.3 Å². The second-order valence-corrected chi connectivity index (χ2v) is 4.23. The first-order valence-electron chi connectivity index (χ1n) is 4.58. The van der Waals surface area contributed by atoms with Gasteiger partial charge in [0.2, 0.25) is 0 Å². The number of aliphatic hydroxyl groups excluding tert-OH is 1. The second kappa shape index (κ2) is 3.40. The lowest BCUT2D eigenvalue weighted by Gasteiger charge is -2.29. The molecule has 0 aromatic heterocycles. The fraction of sp³-hybridized carbons (Fsp3) is 0.800. The number of hydrogen-bond donors (Lipinski definition) is 2. The van der Waals surface area contributed by atoms with Crippen molar-refractivity contribution < 1.29 is 14.9 Å². The molecule has 0 bridgehead atoms. The molecule has 13 heavy (non-hydrogen) atoms. The Hall–Kier alpha value is -0.380. The summed E-state index contributed by atoms with van der Waals surface area (Å²) < 4.78 is 5.59. The zero-order valence-electron chi connectivity index (χ0n) is 8.29. The van der Waals surface area contributed by atoms with Crippen LogP contribution < -0.4 is 0 Å². The molecule has 0 aromatic rings. The summed E-state index contributed by atoms with van der Waals surface area (Å²) in [5.74, 6) is 0. The number of hydrogen-bond acceptors (Lipinski definition) is 3. The first kappa shape index (κ1) is 10.7. The predicted octanol–water partition coefficient (Wildman–Crippen LogP) is 0.853. The van der Waals surface area contributed by atoms with Crippen LogP contribution in [0.3, 0.4) is 0 Å². The van der Waals surface area contributed by atoms with Gasteiger partial charge in [-0.3, -0.25) is 0 Å². The molecule has 0 radical (unpaired) electrons. The Morgan fingerprint density at radius 2 is 2.31 bits per heavy atom. The summed E-state index contributed by atoms with van der Waals surface area (Å²) in [6.45, 7) is 7.00. The van der Waals surface area contributed by atoms with Crippen molar-refractivity contribution in [2.45, 2.75) is 44.0 Å². The van der Waals surface area contributed by atoms with Crippen molar-refractivity contribution >= 4 is 0 Å². The van der Waals surface area contributed by atoms with Crippen LogP contribution in [0, 0.1) is 0 Å². The minimum absolute atomic E-state index is 0.0664. The van der Waals surface area contributed by atoms with Crippen LogP contribution in [0.1, 0.15) is 26.7 Å². The van der Waals surface area contributed by atoms with Gasteiger partial charge in [0, 0.05) is 0 Å². The molecule has 3 heteroatoms. The van der Waals surface area contributed by atoms with Crippen LogP contribution in [-0.2, 0) is 4.74 Å². The lowest BCUT2D eigenvalue weighted by Crippen LogP contribution is -2.39. The van der Waals surface area contributed by atoms with Gasteiger partial charge in [-0.15, -0.1) is 6.58 Å². The van der Waals surface area contributed by atoms with Crippen molar-refractivity contribution in [3.8, 4) is 0 Å². The van der Waals surface area contributed by atoms with Crippen LogP contribution in [0.2, 0.25) is 0 Å².